The zero-order valence-electron chi connectivity index (χ0n) is 14.3. The summed E-state index contributed by atoms with van der Waals surface area (Å²) in [5.41, 5.74) is 2.96. The Morgan fingerprint density at radius 1 is 1.25 bits per heavy atom. The third kappa shape index (κ3) is 1.46. The molecule has 16 heavy (non-hydrogen) atoms. The minimum Gasteiger partial charge on any atom is -0.360 e. The highest BCUT2D eigenvalue weighted by molar-refractivity contribution is 6.28. The number of nitrogens with zero attached hydrogens (tertiary/aromatic N) is 2. The first kappa shape index (κ1) is 6.66. The van der Waals surface area contributed by atoms with Gasteiger partial charge in [-0.15, -0.1) is 0 Å². The second-order valence-electron chi connectivity index (χ2n) is 3.46. The van der Waals surface area contributed by atoms with E-state index in [2.05, 4.69) is 21.0 Å². The van der Waals surface area contributed by atoms with E-state index in [4.69, 9.17) is 20.5 Å². The molecular weight excluding hydrogens is 222 g/mol. The molecule has 0 atom stereocenters. The molecule has 0 unspecified atom stereocenters. The van der Waals surface area contributed by atoms with Crippen LogP contribution in [-0.4, -0.2) is 15.0 Å². The maximum Gasteiger partial charge on any atom is 0.222 e. The van der Waals surface area contributed by atoms with Crippen LogP contribution in [0.3, 0.4) is 0 Å². The lowest BCUT2D eigenvalue weighted by Gasteiger charge is -1.98. The van der Waals surface area contributed by atoms with Crippen LogP contribution in [0.25, 0.3) is 22.2 Å². The van der Waals surface area contributed by atoms with Crippen LogP contribution in [0.2, 0.25) is 5.28 Å². The Labute approximate surface area is 108 Å². The third-order valence-electron chi connectivity index (χ3n) is 2.49. The van der Waals surface area contributed by atoms with Crippen LogP contribution < -0.4 is 0 Å². The van der Waals surface area contributed by atoms with Gasteiger partial charge in [-0.25, -0.2) is 9.97 Å². The van der Waals surface area contributed by atoms with Crippen LogP contribution in [-0.2, 0) is 0 Å². The SMILES string of the molecule is Clc1nccc(-c2c[nH]c3ccccc23)n1.[2HH].[2H][2H].[2H][2H].[2H][2H]. The molecule has 3 rings (SSSR count). The van der Waals surface area contributed by atoms with E-state index in [9.17, 15) is 0 Å². The number of halogens is 1. The maximum atomic E-state index is 5.78. The fourth-order valence-electron chi connectivity index (χ4n) is 1.77. The number of nitrogens with one attached hydrogen (secondary N) is 1. The number of aromatic nitrogens is 3. The van der Waals surface area contributed by atoms with E-state index >= 15 is 0 Å². The number of hydrogen-bond donors (Lipinski definition) is 1. The highest BCUT2D eigenvalue weighted by Crippen LogP contribution is 2.26. The van der Waals surface area contributed by atoms with Crippen molar-refractivity contribution in [3.8, 4) is 11.3 Å². The Balaban J connectivity index is 0. The fourth-order valence-corrected chi connectivity index (χ4v) is 1.92. The topological polar surface area (TPSA) is 41.6 Å². The Kier molecular flexibility index (Phi) is 1.50. The first-order valence-corrected chi connectivity index (χ1v) is 5.27. The van der Waals surface area contributed by atoms with E-state index in [1.165, 1.54) is 0 Å². The molecule has 86 valence electrons. The Hall–Kier alpha value is -1.87. The molecule has 0 amide bonds. The number of benzene rings is 1. The molecule has 1 N–H and O–H groups in total. The quantitative estimate of drug-likeness (QED) is 0.650. The van der Waals surface area contributed by atoms with Gasteiger partial charge in [0, 0.05) is 39.2 Å². The molecule has 0 aliphatic heterocycles. The van der Waals surface area contributed by atoms with Crippen molar-refractivity contribution in [1.82, 2.24) is 15.0 Å². The highest BCUT2D eigenvalue weighted by atomic mass is 35.5. The predicted octanol–water partition coefficient (Wildman–Crippen LogP) is 4.26. The van der Waals surface area contributed by atoms with Gasteiger partial charge >= 0.3 is 0 Å². The van der Waals surface area contributed by atoms with Crippen molar-refractivity contribution in [3.63, 3.8) is 0 Å². The zero-order chi connectivity index (χ0) is 17.0. The molecule has 0 saturated heterocycles. The van der Waals surface area contributed by atoms with E-state index < -0.39 is 0 Å². The van der Waals surface area contributed by atoms with E-state index in [0.717, 1.165) is 22.2 Å². The van der Waals surface area contributed by atoms with E-state index in [1.807, 2.05) is 30.5 Å². The summed E-state index contributed by atoms with van der Waals surface area (Å²) in [6, 6.07) is 9.93. The molecule has 0 spiro atoms. The molecule has 2 heterocycles. The lowest BCUT2D eigenvalue weighted by molar-refractivity contribution is 1.17. The van der Waals surface area contributed by atoms with Gasteiger partial charge in [0.25, 0.3) is 0 Å². The van der Waals surface area contributed by atoms with Gasteiger partial charge in [-0.2, -0.15) is 0 Å². The molecule has 0 bridgehead atoms. The fraction of sp³-hybridized carbons (Fsp3) is 0. The summed E-state index contributed by atoms with van der Waals surface area (Å²) in [7, 11) is 0. The molecular formula is C12H16ClN3. The molecule has 0 aliphatic carbocycles. The predicted molar refractivity (Wildman–Crippen MR) is 72.8 cm³/mol. The van der Waals surface area contributed by atoms with Crippen molar-refractivity contribution < 1.29 is 10.3 Å². The lowest BCUT2D eigenvalue weighted by Crippen LogP contribution is -1.84. The molecule has 0 saturated carbocycles. The van der Waals surface area contributed by atoms with Gasteiger partial charge in [-0.1, -0.05) is 18.2 Å². The summed E-state index contributed by atoms with van der Waals surface area (Å²) in [6.07, 6.45) is 3.59. The third-order valence-corrected chi connectivity index (χ3v) is 2.67. The summed E-state index contributed by atoms with van der Waals surface area (Å²) in [6.45, 7) is 0. The van der Waals surface area contributed by atoms with Gasteiger partial charge in [-0.05, 0) is 23.7 Å². The van der Waals surface area contributed by atoms with Crippen molar-refractivity contribution >= 4 is 22.5 Å². The smallest absolute Gasteiger partial charge is 0.222 e. The Bertz CT molecular complexity index is 666. The molecule has 3 aromatic rings. The van der Waals surface area contributed by atoms with E-state index in [-0.39, 0.29) is 6.71 Å². The molecule has 2 aromatic heterocycles. The van der Waals surface area contributed by atoms with Crippen LogP contribution >= 0.6 is 11.6 Å². The van der Waals surface area contributed by atoms with Crippen LogP contribution in [0.4, 0.5) is 0 Å². The number of rotatable bonds is 1. The van der Waals surface area contributed by atoms with Crippen LogP contribution in [0.5, 0.6) is 0 Å². The molecule has 0 aliphatic rings. The summed E-state index contributed by atoms with van der Waals surface area (Å²) in [5, 5.41) is 1.40. The number of fused-ring (bicyclic) bond motifs is 1. The molecule has 4 heteroatoms. The van der Waals surface area contributed by atoms with Crippen LogP contribution in [0, 0.1) is 0 Å². The zero-order valence-corrected chi connectivity index (χ0v) is 9.07. The van der Waals surface area contributed by atoms with Gasteiger partial charge in [0.1, 0.15) is 0 Å². The average molecular weight is 245 g/mol. The van der Waals surface area contributed by atoms with Crippen molar-refractivity contribution in [1.29, 1.82) is 0 Å². The van der Waals surface area contributed by atoms with Crippen molar-refractivity contribution in [3.05, 3.63) is 48.0 Å². The monoisotopic (exact) mass is 244 g/mol. The number of H-pyrrole nitrogens is 1. The van der Waals surface area contributed by atoms with Crippen LogP contribution in [0.1, 0.15) is 10.3 Å². The van der Waals surface area contributed by atoms with Crippen molar-refractivity contribution in [2.75, 3.05) is 0 Å². The Morgan fingerprint density at radius 3 is 3.00 bits per heavy atom. The summed E-state index contributed by atoms with van der Waals surface area (Å²) >= 11 is 5.78. The van der Waals surface area contributed by atoms with Crippen molar-refractivity contribution in [2.45, 2.75) is 0 Å². The summed E-state index contributed by atoms with van der Waals surface area (Å²) < 4.78 is 30.0. The molecule has 3 nitrogen and oxygen atoms in total. The largest absolute Gasteiger partial charge is 0.360 e. The second-order valence-corrected chi connectivity index (χ2v) is 3.80. The summed E-state index contributed by atoms with van der Waals surface area (Å²) in [4.78, 5) is 11.3. The standard InChI is InChI=1S/C12H8ClN3.4H2/c13-12-14-6-5-11(16-12)9-7-15-10-4-2-1-3-8(9)10;;;;/h1-7,15H;4*1H/i;3*1+1D;1+1. The molecule has 0 radical (unpaired) electrons. The average Bonchev–Trinajstić information content (AvgIpc) is 3.04. The summed E-state index contributed by atoms with van der Waals surface area (Å²) in [5.74, 6) is 0. The highest BCUT2D eigenvalue weighted by Gasteiger charge is 2.06. The van der Waals surface area contributed by atoms with Gasteiger partial charge in [0.2, 0.25) is 5.28 Å². The van der Waals surface area contributed by atoms with Crippen LogP contribution in [0.15, 0.2) is 42.7 Å². The van der Waals surface area contributed by atoms with Crippen molar-refractivity contribution in [2.24, 2.45) is 0 Å². The first-order chi connectivity index (χ1) is 10.8. The van der Waals surface area contributed by atoms with E-state index in [1.54, 1.807) is 6.20 Å². The van der Waals surface area contributed by atoms with Gasteiger partial charge in [0.15, 0.2) is 0 Å². The molecule has 0 fully saturated rings. The first-order valence-electron chi connectivity index (χ1n) is 7.89. The van der Waals surface area contributed by atoms with Gasteiger partial charge in [0.05, 0.1) is 5.69 Å². The van der Waals surface area contributed by atoms with Gasteiger partial charge < -0.3 is 4.98 Å². The molecule has 1 aromatic carbocycles. The minimum atomic E-state index is 0. The number of hydrogen-bond acceptors (Lipinski definition) is 2. The van der Waals surface area contributed by atoms with E-state index in [0.29, 0.717) is 0 Å². The second kappa shape index (κ2) is 3.61. The Morgan fingerprint density at radius 2 is 2.12 bits per heavy atom. The normalized spacial score (nSPS) is 12.3. The lowest BCUT2D eigenvalue weighted by atomic mass is 10.1. The maximum absolute atomic E-state index is 5.78. The minimum absolute atomic E-state index is 0. The number of aromatic amines is 1. The number of para-hydroxylation sites is 1. The van der Waals surface area contributed by atoms with Gasteiger partial charge in [-0.3, -0.25) is 0 Å².